The smallest absolute Gasteiger partial charge is 0.183 e. The van der Waals surface area contributed by atoms with Gasteiger partial charge in [-0.3, -0.25) is 0 Å². The first-order valence-electron chi connectivity index (χ1n) is 6.37. The minimum atomic E-state index is -1.03. The third-order valence-corrected chi connectivity index (χ3v) is 3.38. The van der Waals surface area contributed by atoms with Crippen LogP contribution in [0.25, 0.3) is 0 Å². The van der Waals surface area contributed by atoms with Gasteiger partial charge in [-0.2, -0.15) is 5.26 Å². The summed E-state index contributed by atoms with van der Waals surface area (Å²) >= 11 is 0. The second-order valence-electron chi connectivity index (χ2n) is 4.63. The average molecular weight is 250 g/mol. The van der Waals surface area contributed by atoms with Gasteiger partial charge in [0.25, 0.3) is 0 Å². The van der Waals surface area contributed by atoms with E-state index in [0.717, 1.165) is 38.8 Å². The van der Waals surface area contributed by atoms with Crippen LogP contribution in [0.1, 0.15) is 37.7 Å². The first-order valence-corrected chi connectivity index (χ1v) is 6.37. The summed E-state index contributed by atoms with van der Waals surface area (Å²) < 4.78 is 27.5. The van der Waals surface area contributed by atoms with E-state index in [1.54, 1.807) is 6.07 Å². The zero-order chi connectivity index (χ0) is 13.0. The number of hydrogen-bond donors (Lipinski definition) is 0. The highest BCUT2D eigenvalue weighted by atomic mass is 19.2. The Bertz CT molecular complexity index is 458. The van der Waals surface area contributed by atoms with Gasteiger partial charge in [0.15, 0.2) is 11.6 Å². The molecule has 1 saturated heterocycles. The molecule has 2 rings (SSSR count). The molecule has 2 nitrogen and oxygen atoms in total. The quantitative estimate of drug-likeness (QED) is 0.761. The predicted octanol–water partition coefficient (Wildman–Crippen LogP) is 3.61. The molecular formula is C14H16F2N2. The fraction of sp³-hybridized carbons (Fsp3) is 0.500. The molecule has 1 aromatic rings. The Morgan fingerprint density at radius 2 is 1.56 bits per heavy atom. The van der Waals surface area contributed by atoms with Gasteiger partial charge in [0.05, 0.1) is 11.3 Å². The maximum Gasteiger partial charge on any atom is 0.183 e. The van der Waals surface area contributed by atoms with E-state index in [9.17, 15) is 8.78 Å². The summed E-state index contributed by atoms with van der Waals surface area (Å²) in [6.07, 6.45) is 5.49. The molecule has 1 heterocycles. The summed E-state index contributed by atoms with van der Waals surface area (Å²) in [5.41, 5.74) is 0.0525. The van der Waals surface area contributed by atoms with Gasteiger partial charge >= 0.3 is 0 Å². The lowest BCUT2D eigenvalue weighted by Crippen LogP contribution is -2.28. The zero-order valence-electron chi connectivity index (χ0n) is 10.3. The van der Waals surface area contributed by atoms with Crippen LogP contribution in [0.3, 0.4) is 0 Å². The first-order chi connectivity index (χ1) is 8.74. The summed E-state index contributed by atoms with van der Waals surface area (Å²) in [5.74, 6) is -1.92. The standard InChI is InChI=1S/C14H16F2N2/c15-13-11(10-17)6-7-12(14(13)16)18-8-4-2-1-3-5-9-18/h6-7H,1-5,8-9H2. The maximum absolute atomic E-state index is 13.9. The molecule has 0 amide bonds. The van der Waals surface area contributed by atoms with Crippen molar-refractivity contribution >= 4 is 5.69 Å². The Kier molecular flexibility index (Phi) is 4.14. The van der Waals surface area contributed by atoms with Crippen LogP contribution < -0.4 is 4.90 Å². The highest BCUT2D eigenvalue weighted by molar-refractivity contribution is 5.52. The second-order valence-corrected chi connectivity index (χ2v) is 4.63. The lowest BCUT2D eigenvalue weighted by molar-refractivity contribution is 0.496. The topological polar surface area (TPSA) is 27.0 Å². The largest absolute Gasteiger partial charge is 0.369 e. The van der Waals surface area contributed by atoms with Gasteiger partial charge in [-0.05, 0) is 25.0 Å². The molecule has 0 bridgehead atoms. The van der Waals surface area contributed by atoms with Gasteiger partial charge in [0.1, 0.15) is 6.07 Å². The van der Waals surface area contributed by atoms with Crippen LogP contribution in [-0.4, -0.2) is 13.1 Å². The molecule has 18 heavy (non-hydrogen) atoms. The van der Waals surface area contributed by atoms with Crippen LogP contribution >= 0.6 is 0 Å². The molecule has 0 saturated carbocycles. The van der Waals surface area contributed by atoms with Crippen molar-refractivity contribution in [1.29, 1.82) is 5.26 Å². The van der Waals surface area contributed by atoms with E-state index in [4.69, 9.17) is 5.26 Å². The molecule has 4 heteroatoms. The minimum absolute atomic E-state index is 0.233. The van der Waals surface area contributed by atoms with Crippen molar-refractivity contribution in [1.82, 2.24) is 0 Å². The van der Waals surface area contributed by atoms with E-state index < -0.39 is 11.6 Å². The number of anilines is 1. The van der Waals surface area contributed by atoms with Gasteiger partial charge in [-0.1, -0.05) is 19.3 Å². The number of benzene rings is 1. The second kappa shape index (κ2) is 5.81. The van der Waals surface area contributed by atoms with E-state index in [1.165, 1.54) is 18.6 Å². The maximum atomic E-state index is 13.9. The van der Waals surface area contributed by atoms with Crippen molar-refractivity contribution in [2.45, 2.75) is 32.1 Å². The molecular weight excluding hydrogens is 234 g/mol. The number of rotatable bonds is 1. The molecule has 0 aliphatic carbocycles. The Labute approximate surface area is 106 Å². The fourth-order valence-electron chi connectivity index (χ4n) is 2.36. The average Bonchev–Trinajstić information content (AvgIpc) is 2.33. The van der Waals surface area contributed by atoms with Crippen LogP contribution in [0.4, 0.5) is 14.5 Å². The molecule has 0 aromatic heterocycles. The highest BCUT2D eigenvalue weighted by Crippen LogP contribution is 2.26. The van der Waals surface area contributed by atoms with Crippen LogP contribution in [0.15, 0.2) is 12.1 Å². The normalized spacial score (nSPS) is 16.8. The van der Waals surface area contributed by atoms with Crippen LogP contribution in [0, 0.1) is 23.0 Å². The van der Waals surface area contributed by atoms with Crippen LogP contribution in [0.2, 0.25) is 0 Å². The van der Waals surface area contributed by atoms with E-state index in [2.05, 4.69) is 0 Å². The molecule has 1 aromatic carbocycles. The number of nitriles is 1. The van der Waals surface area contributed by atoms with Gasteiger partial charge in [-0.15, -0.1) is 0 Å². The Morgan fingerprint density at radius 1 is 0.944 bits per heavy atom. The fourth-order valence-corrected chi connectivity index (χ4v) is 2.36. The van der Waals surface area contributed by atoms with Gasteiger partial charge < -0.3 is 4.90 Å². The monoisotopic (exact) mass is 250 g/mol. The summed E-state index contributed by atoms with van der Waals surface area (Å²) in [6.45, 7) is 1.50. The van der Waals surface area contributed by atoms with Crippen molar-refractivity contribution in [2.75, 3.05) is 18.0 Å². The van der Waals surface area contributed by atoms with E-state index in [1.807, 2.05) is 4.90 Å². The molecule has 1 fully saturated rings. The number of hydrogen-bond acceptors (Lipinski definition) is 2. The van der Waals surface area contributed by atoms with E-state index >= 15 is 0 Å². The number of halogens is 2. The molecule has 0 spiro atoms. The van der Waals surface area contributed by atoms with E-state index in [0.29, 0.717) is 0 Å². The van der Waals surface area contributed by atoms with Crippen molar-refractivity contribution in [3.63, 3.8) is 0 Å². The molecule has 0 N–H and O–H groups in total. The first kappa shape index (κ1) is 12.8. The molecule has 1 aliphatic rings. The van der Waals surface area contributed by atoms with E-state index in [-0.39, 0.29) is 11.3 Å². The lowest BCUT2D eigenvalue weighted by atomic mass is 10.1. The van der Waals surface area contributed by atoms with Gasteiger partial charge in [0, 0.05) is 13.1 Å². The Hall–Kier alpha value is -1.63. The third kappa shape index (κ3) is 2.61. The summed E-state index contributed by atoms with van der Waals surface area (Å²) in [5, 5.41) is 8.66. The van der Waals surface area contributed by atoms with Crippen molar-refractivity contribution in [2.24, 2.45) is 0 Å². The lowest BCUT2D eigenvalue weighted by Gasteiger charge is -2.27. The molecule has 0 atom stereocenters. The minimum Gasteiger partial charge on any atom is -0.369 e. The van der Waals surface area contributed by atoms with Gasteiger partial charge in [-0.25, -0.2) is 8.78 Å². The molecule has 96 valence electrons. The number of nitrogens with zero attached hydrogens (tertiary/aromatic N) is 2. The molecule has 1 aliphatic heterocycles. The van der Waals surface area contributed by atoms with Crippen LogP contribution in [0.5, 0.6) is 0 Å². The Morgan fingerprint density at radius 3 is 2.17 bits per heavy atom. The van der Waals surface area contributed by atoms with Crippen molar-refractivity contribution in [3.05, 3.63) is 29.3 Å². The highest BCUT2D eigenvalue weighted by Gasteiger charge is 2.18. The third-order valence-electron chi connectivity index (χ3n) is 3.38. The predicted molar refractivity (Wildman–Crippen MR) is 66.4 cm³/mol. The summed E-state index contributed by atoms with van der Waals surface area (Å²) in [6, 6.07) is 4.52. The van der Waals surface area contributed by atoms with Crippen molar-refractivity contribution < 1.29 is 8.78 Å². The SMILES string of the molecule is N#Cc1ccc(N2CCCCCCC2)c(F)c1F. The van der Waals surface area contributed by atoms with Gasteiger partial charge in [0.2, 0.25) is 0 Å². The van der Waals surface area contributed by atoms with Crippen molar-refractivity contribution in [3.8, 4) is 6.07 Å². The Balaban J connectivity index is 2.26. The summed E-state index contributed by atoms with van der Waals surface area (Å²) in [4.78, 5) is 1.89. The molecule has 0 radical (unpaired) electrons. The zero-order valence-corrected chi connectivity index (χ0v) is 10.3. The summed E-state index contributed by atoms with van der Waals surface area (Å²) in [7, 11) is 0. The van der Waals surface area contributed by atoms with Crippen LogP contribution in [-0.2, 0) is 0 Å². The molecule has 0 unspecified atom stereocenters.